The van der Waals surface area contributed by atoms with Gasteiger partial charge in [0, 0.05) is 0 Å². The second-order valence-electron chi connectivity index (χ2n) is 2.12. The summed E-state index contributed by atoms with van der Waals surface area (Å²) in [7, 11) is 0. The van der Waals surface area contributed by atoms with Crippen LogP contribution in [-0.2, 0) is 0 Å². The van der Waals surface area contributed by atoms with Crippen LogP contribution < -0.4 is 11.7 Å². The summed E-state index contributed by atoms with van der Waals surface area (Å²) in [5, 5.41) is 0. The molecular weight excluding hydrogens is 100 g/mol. The van der Waals surface area contributed by atoms with E-state index in [4.69, 9.17) is 0 Å². The average molecular weight is 116 g/mol. The monoisotopic (exact) mass is 116 g/mol. The van der Waals surface area contributed by atoms with Crippen molar-refractivity contribution in [3.8, 4) is 0 Å². The molecular formula is C6H16N2. The largest absolute Gasteiger partial charge is 0.274 e. The summed E-state index contributed by atoms with van der Waals surface area (Å²) >= 11 is 0. The molecule has 4 N–H and O–H groups in total. The molecule has 1 rings (SSSR count). The van der Waals surface area contributed by atoms with Gasteiger partial charge in [-0.1, -0.05) is 38.5 Å². The molecule has 0 atom stereocenters. The summed E-state index contributed by atoms with van der Waals surface area (Å²) in [4.78, 5) is 0. The van der Waals surface area contributed by atoms with Crippen LogP contribution >= 0.6 is 0 Å². The standard InChI is InChI=1S/C6H12.H4N2/c1-2-4-6-5-3-1;1-2/h1-6H2;1-2H2. The van der Waals surface area contributed by atoms with Crippen LogP contribution in [0, 0.1) is 0 Å². The minimum absolute atomic E-state index is 1.50. The molecule has 1 fully saturated rings. The van der Waals surface area contributed by atoms with Crippen molar-refractivity contribution in [1.82, 2.24) is 0 Å². The Balaban J connectivity index is 0.000000222. The van der Waals surface area contributed by atoms with Gasteiger partial charge in [-0.25, -0.2) is 0 Å². The van der Waals surface area contributed by atoms with Crippen LogP contribution in [-0.4, -0.2) is 0 Å². The fourth-order valence-electron chi connectivity index (χ4n) is 1.06. The van der Waals surface area contributed by atoms with E-state index < -0.39 is 0 Å². The summed E-state index contributed by atoms with van der Waals surface area (Å²) in [6.45, 7) is 0. The zero-order valence-corrected chi connectivity index (χ0v) is 5.40. The van der Waals surface area contributed by atoms with E-state index in [0.29, 0.717) is 0 Å². The summed E-state index contributed by atoms with van der Waals surface area (Å²) in [5.74, 6) is 8.00. The molecule has 0 spiro atoms. The Labute approximate surface area is 51.2 Å². The van der Waals surface area contributed by atoms with Crippen molar-refractivity contribution in [2.45, 2.75) is 38.5 Å². The number of hydrogen-bond acceptors (Lipinski definition) is 2. The predicted molar refractivity (Wildman–Crippen MR) is 36.1 cm³/mol. The smallest absolute Gasteiger partial charge is 0.0533 e. The Bertz CT molecular complexity index is 22.0. The highest BCUT2D eigenvalue weighted by atomic mass is 15.0. The van der Waals surface area contributed by atoms with Crippen LogP contribution in [0.5, 0.6) is 0 Å². The summed E-state index contributed by atoms with van der Waals surface area (Å²) in [5.41, 5.74) is 0. The molecule has 0 aromatic carbocycles. The first kappa shape index (κ1) is 7.92. The van der Waals surface area contributed by atoms with Crippen LogP contribution in [0.2, 0.25) is 0 Å². The molecule has 0 unspecified atom stereocenters. The van der Waals surface area contributed by atoms with E-state index in [1.807, 2.05) is 0 Å². The SMILES string of the molecule is C1CCCCC1.NN. The van der Waals surface area contributed by atoms with Gasteiger partial charge in [-0.2, -0.15) is 0 Å². The molecule has 1 saturated carbocycles. The number of hydrazine groups is 1. The predicted octanol–water partition coefficient (Wildman–Crippen LogP) is 1.16. The van der Waals surface area contributed by atoms with Gasteiger partial charge in [0.15, 0.2) is 0 Å². The molecule has 0 radical (unpaired) electrons. The van der Waals surface area contributed by atoms with E-state index in [0.717, 1.165) is 0 Å². The van der Waals surface area contributed by atoms with E-state index in [2.05, 4.69) is 11.7 Å². The lowest BCUT2D eigenvalue weighted by atomic mass is 10.0. The first-order valence-electron chi connectivity index (χ1n) is 3.33. The summed E-state index contributed by atoms with van der Waals surface area (Å²) < 4.78 is 0. The fourth-order valence-corrected chi connectivity index (χ4v) is 1.06. The number of hydrogen-bond donors (Lipinski definition) is 2. The molecule has 0 bridgehead atoms. The zero-order chi connectivity index (χ0) is 6.24. The molecule has 0 heterocycles. The van der Waals surface area contributed by atoms with Crippen molar-refractivity contribution in [2.24, 2.45) is 11.7 Å². The Morgan fingerprint density at radius 1 is 0.500 bits per heavy atom. The van der Waals surface area contributed by atoms with Crippen LogP contribution in [0.25, 0.3) is 0 Å². The van der Waals surface area contributed by atoms with Gasteiger partial charge in [0.1, 0.15) is 0 Å². The zero-order valence-electron chi connectivity index (χ0n) is 5.40. The van der Waals surface area contributed by atoms with E-state index in [9.17, 15) is 0 Å². The molecule has 2 nitrogen and oxygen atoms in total. The molecule has 0 aromatic rings. The Kier molecular flexibility index (Phi) is 6.85. The van der Waals surface area contributed by atoms with Crippen LogP contribution in [0.4, 0.5) is 0 Å². The van der Waals surface area contributed by atoms with Gasteiger partial charge in [-0.15, -0.1) is 0 Å². The lowest BCUT2D eigenvalue weighted by Gasteiger charge is -2.05. The van der Waals surface area contributed by atoms with Gasteiger partial charge in [0.05, 0.1) is 0 Å². The second kappa shape index (κ2) is 6.92. The highest BCUT2D eigenvalue weighted by molar-refractivity contribution is 4.51. The van der Waals surface area contributed by atoms with Gasteiger partial charge in [0.2, 0.25) is 0 Å². The fraction of sp³-hybridized carbons (Fsp3) is 1.00. The minimum Gasteiger partial charge on any atom is -0.274 e. The molecule has 0 aliphatic heterocycles. The molecule has 0 aromatic heterocycles. The van der Waals surface area contributed by atoms with E-state index in [-0.39, 0.29) is 0 Å². The third kappa shape index (κ3) is 4.09. The van der Waals surface area contributed by atoms with Gasteiger partial charge in [-0.05, 0) is 0 Å². The Hall–Kier alpha value is -0.0800. The van der Waals surface area contributed by atoms with Crippen LogP contribution in [0.15, 0.2) is 0 Å². The molecule has 8 heavy (non-hydrogen) atoms. The third-order valence-corrected chi connectivity index (χ3v) is 1.50. The van der Waals surface area contributed by atoms with Crippen LogP contribution in [0.1, 0.15) is 38.5 Å². The first-order valence-corrected chi connectivity index (χ1v) is 3.33. The molecule has 1 aliphatic rings. The maximum absolute atomic E-state index is 4.00. The summed E-state index contributed by atoms with van der Waals surface area (Å²) in [6.07, 6.45) is 9.00. The molecule has 2 heteroatoms. The third-order valence-electron chi connectivity index (χ3n) is 1.50. The second-order valence-corrected chi connectivity index (χ2v) is 2.12. The van der Waals surface area contributed by atoms with Crippen molar-refractivity contribution in [2.75, 3.05) is 0 Å². The topological polar surface area (TPSA) is 52.0 Å². The lowest BCUT2D eigenvalue weighted by Crippen LogP contribution is -2.02. The van der Waals surface area contributed by atoms with Crippen molar-refractivity contribution in [3.63, 3.8) is 0 Å². The summed E-state index contributed by atoms with van der Waals surface area (Å²) in [6, 6.07) is 0. The Morgan fingerprint density at radius 3 is 0.750 bits per heavy atom. The maximum atomic E-state index is 4.00. The van der Waals surface area contributed by atoms with Crippen molar-refractivity contribution < 1.29 is 0 Å². The van der Waals surface area contributed by atoms with Gasteiger partial charge >= 0.3 is 0 Å². The molecule has 0 saturated heterocycles. The van der Waals surface area contributed by atoms with Crippen LogP contribution in [0.3, 0.4) is 0 Å². The highest BCUT2D eigenvalue weighted by Crippen LogP contribution is 2.15. The highest BCUT2D eigenvalue weighted by Gasteiger charge is 1.95. The van der Waals surface area contributed by atoms with Crippen molar-refractivity contribution in [3.05, 3.63) is 0 Å². The quantitative estimate of drug-likeness (QED) is 0.368. The van der Waals surface area contributed by atoms with Crippen molar-refractivity contribution >= 4 is 0 Å². The van der Waals surface area contributed by atoms with Gasteiger partial charge in [0.25, 0.3) is 0 Å². The maximum Gasteiger partial charge on any atom is -0.0533 e. The first-order chi connectivity index (χ1) is 4.00. The average Bonchev–Trinajstić information content (AvgIpc) is 1.96. The van der Waals surface area contributed by atoms with E-state index >= 15 is 0 Å². The lowest BCUT2D eigenvalue weighted by molar-refractivity contribution is 0.504. The molecule has 0 amide bonds. The number of rotatable bonds is 0. The minimum atomic E-state index is 1.50. The number of nitrogens with two attached hydrogens (primary N) is 2. The van der Waals surface area contributed by atoms with Crippen molar-refractivity contribution in [1.29, 1.82) is 0 Å². The van der Waals surface area contributed by atoms with Gasteiger partial charge in [-0.3, -0.25) is 11.7 Å². The molecule has 1 aliphatic carbocycles. The van der Waals surface area contributed by atoms with Gasteiger partial charge < -0.3 is 0 Å². The van der Waals surface area contributed by atoms with E-state index in [1.165, 1.54) is 38.5 Å². The molecule has 50 valence electrons. The Morgan fingerprint density at radius 2 is 0.625 bits per heavy atom. The van der Waals surface area contributed by atoms with E-state index in [1.54, 1.807) is 0 Å². The normalized spacial score (nSPS) is 18.8.